The summed E-state index contributed by atoms with van der Waals surface area (Å²) < 4.78 is 0. The van der Waals surface area contributed by atoms with Crippen molar-refractivity contribution in [3.8, 4) is 0 Å². The molecule has 94 valence electrons. The molecule has 1 unspecified atom stereocenters. The lowest BCUT2D eigenvalue weighted by atomic mass is 10.0. The predicted molar refractivity (Wildman–Crippen MR) is 68.8 cm³/mol. The Balaban J connectivity index is 2.01. The molecular weight excluding hydrogens is 222 g/mol. The van der Waals surface area contributed by atoms with E-state index in [1.54, 1.807) is 0 Å². The van der Waals surface area contributed by atoms with Crippen molar-refractivity contribution in [1.82, 2.24) is 5.32 Å². The average molecular weight is 246 g/mol. The van der Waals surface area contributed by atoms with Crippen molar-refractivity contribution in [1.29, 1.82) is 0 Å². The molecule has 0 bridgehead atoms. The SMILES string of the molecule is CCCC(Cl)CNC(=O)CCC1CCCC1. The molecule has 1 aliphatic carbocycles. The van der Waals surface area contributed by atoms with E-state index < -0.39 is 0 Å². The maximum absolute atomic E-state index is 11.5. The van der Waals surface area contributed by atoms with E-state index in [9.17, 15) is 4.79 Å². The van der Waals surface area contributed by atoms with Gasteiger partial charge in [0, 0.05) is 13.0 Å². The molecule has 1 rings (SSSR count). The molecule has 0 saturated heterocycles. The minimum atomic E-state index is 0.0976. The van der Waals surface area contributed by atoms with Crippen molar-refractivity contribution >= 4 is 17.5 Å². The van der Waals surface area contributed by atoms with Crippen LogP contribution in [0.5, 0.6) is 0 Å². The molecule has 1 N–H and O–H groups in total. The van der Waals surface area contributed by atoms with Gasteiger partial charge in [0.25, 0.3) is 0 Å². The number of hydrogen-bond acceptors (Lipinski definition) is 1. The Morgan fingerprint density at radius 2 is 2.12 bits per heavy atom. The summed E-state index contributed by atoms with van der Waals surface area (Å²) in [6.07, 6.45) is 9.14. The minimum Gasteiger partial charge on any atom is -0.355 e. The van der Waals surface area contributed by atoms with Gasteiger partial charge < -0.3 is 5.32 Å². The van der Waals surface area contributed by atoms with E-state index in [4.69, 9.17) is 11.6 Å². The summed E-state index contributed by atoms with van der Waals surface area (Å²) in [5.41, 5.74) is 0. The van der Waals surface area contributed by atoms with Gasteiger partial charge in [-0.2, -0.15) is 0 Å². The van der Waals surface area contributed by atoms with Gasteiger partial charge >= 0.3 is 0 Å². The van der Waals surface area contributed by atoms with Gasteiger partial charge in [-0.1, -0.05) is 39.0 Å². The molecule has 0 aromatic heterocycles. The van der Waals surface area contributed by atoms with E-state index >= 15 is 0 Å². The highest BCUT2D eigenvalue weighted by Gasteiger charge is 2.16. The van der Waals surface area contributed by atoms with Gasteiger partial charge in [-0.05, 0) is 18.8 Å². The van der Waals surface area contributed by atoms with Crippen LogP contribution in [0.2, 0.25) is 0 Å². The van der Waals surface area contributed by atoms with Crippen LogP contribution >= 0.6 is 11.6 Å². The summed E-state index contributed by atoms with van der Waals surface area (Å²) in [5.74, 6) is 0.974. The third-order valence-electron chi connectivity index (χ3n) is 3.38. The van der Waals surface area contributed by atoms with Crippen LogP contribution in [0.15, 0.2) is 0 Å². The molecule has 1 aliphatic rings. The van der Waals surface area contributed by atoms with Crippen molar-refractivity contribution in [2.24, 2.45) is 5.92 Å². The van der Waals surface area contributed by atoms with Crippen molar-refractivity contribution < 1.29 is 4.79 Å². The largest absolute Gasteiger partial charge is 0.355 e. The van der Waals surface area contributed by atoms with Crippen molar-refractivity contribution in [3.05, 3.63) is 0 Å². The fourth-order valence-electron chi connectivity index (χ4n) is 2.36. The zero-order chi connectivity index (χ0) is 11.8. The number of hydrogen-bond donors (Lipinski definition) is 1. The first-order valence-corrected chi connectivity index (χ1v) is 7.06. The highest BCUT2D eigenvalue weighted by molar-refractivity contribution is 6.20. The number of nitrogens with one attached hydrogen (secondary N) is 1. The molecule has 0 radical (unpaired) electrons. The monoisotopic (exact) mass is 245 g/mol. The van der Waals surface area contributed by atoms with E-state index in [0.29, 0.717) is 13.0 Å². The lowest BCUT2D eigenvalue weighted by Crippen LogP contribution is -2.29. The fourth-order valence-corrected chi connectivity index (χ4v) is 2.66. The molecule has 0 aromatic rings. The zero-order valence-electron chi connectivity index (χ0n) is 10.3. The zero-order valence-corrected chi connectivity index (χ0v) is 11.1. The van der Waals surface area contributed by atoms with Crippen LogP contribution in [0, 0.1) is 5.92 Å². The van der Waals surface area contributed by atoms with Gasteiger partial charge in [-0.15, -0.1) is 11.6 Å². The Bertz CT molecular complexity index is 202. The lowest BCUT2D eigenvalue weighted by Gasteiger charge is -2.11. The molecule has 0 spiro atoms. The summed E-state index contributed by atoms with van der Waals surface area (Å²) >= 11 is 6.04. The van der Waals surface area contributed by atoms with Gasteiger partial charge in [-0.25, -0.2) is 0 Å². The standard InChI is InChI=1S/C13H24ClNO/c1-2-5-12(14)10-15-13(16)9-8-11-6-3-4-7-11/h11-12H,2-10H2,1H3,(H,15,16). The molecule has 3 heteroatoms. The first kappa shape index (κ1) is 13.8. The van der Waals surface area contributed by atoms with Gasteiger partial charge in [-0.3, -0.25) is 4.79 Å². The van der Waals surface area contributed by atoms with Gasteiger partial charge in [0.1, 0.15) is 0 Å². The number of carbonyl (C=O) groups is 1. The van der Waals surface area contributed by atoms with Gasteiger partial charge in [0.15, 0.2) is 0 Å². The Morgan fingerprint density at radius 1 is 1.44 bits per heavy atom. The summed E-state index contributed by atoms with van der Waals surface area (Å²) in [6.45, 7) is 2.73. The molecule has 0 heterocycles. The summed E-state index contributed by atoms with van der Waals surface area (Å²) in [6, 6.07) is 0. The Hall–Kier alpha value is -0.240. The number of carbonyl (C=O) groups excluding carboxylic acids is 1. The molecule has 1 saturated carbocycles. The number of halogens is 1. The van der Waals surface area contributed by atoms with Crippen LogP contribution < -0.4 is 5.32 Å². The molecule has 0 aromatic carbocycles. The third kappa shape index (κ3) is 5.74. The quantitative estimate of drug-likeness (QED) is 0.684. The highest BCUT2D eigenvalue weighted by atomic mass is 35.5. The molecular formula is C13H24ClNO. The van der Waals surface area contributed by atoms with E-state index in [1.807, 2.05) is 0 Å². The fraction of sp³-hybridized carbons (Fsp3) is 0.923. The second kappa shape index (κ2) is 7.94. The first-order valence-electron chi connectivity index (χ1n) is 6.63. The third-order valence-corrected chi connectivity index (χ3v) is 3.75. The molecule has 1 amide bonds. The van der Waals surface area contributed by atoms with E-state index in [2.05, 4.69) is 12.2 Å². The smallest absolute Gasteiger partial charge is 0.220 e. The van der Waals surface area contributed by atoms with Gasteiger partial charge in [0.2, 0.25) is 5.91 Å². The van der Waals surface area contributed by atoms with E-state index in [1.165, 1.54) is 25.7 Å². The van der Waals surface area contributed by atoms with Crippen LogP contribution in [-0.4, -0.2) is 17.8 Å². The van der Waals surface area contributed by atoms with Crippen LogP contribution in [-0.2, 0) is 4.79 Å². The topological polar surface area (TPSA) is 29.1 Å². The van der Waals surface area contributed by atoms with Crippen LogP contribution in [0.4, 0.5) is 0 Å². The minimum absolute atomic E-state index is 0.0976. The van der Waals surface area contributed by atoms with Crippen LogP contribution in [0.1, 0.15) is 58.3 Å². The Labute approximate surface area is 104 Å². The maximum atomic E-state index is 11.5. The highest BCUT2D eigenvalue weighted by Crippen LogP contribution is 2.28. The second-order valence-electron chi connectivity index (χ2n) is 4.88. The van der Waals surface area contributed by atoms with Crippen molar-refractivity contribution in [3.63, 3.8) is 0 Å². The summed E-state index contributed by atoms with van der Waals surface area (Å²) in [7, 11) is 0. The van der Waals surface area contributed by atoms with E-state index in [0.717, 1.165) is 25.2 Å². The predicted octanol–water partition coefficient (Wildman–Crippen LogP) is 3.48. The normalized spacial score (nSPS) is 18.6. The number of alkyl halides is 1. The van der Waals surface area contributed by atoms with Crippen molar-refractivity contribution in [2.45, 2.75) is 63.7 Å². The lowest BCUT2D eigenvalue weighted by molar-refractivity contribution is -0.121. The summed E-state index contributed by atoms with van der Waals surface area (Å²) in [4.78, 5) is 11.5. The molecule has 1 fully saturated rings. The second-order valence-corrected chi connectivity index (χ2v) is 5.50. The van der Waals surface area contributed by atoms with E-state index in [-0.39, 0.29) is 11.3 Å². The first-order chi connectivity index (χ1) is 7.72. The van der Waals surface area contributed by atoms with Crippen LogP contribution in [0.25, 0.3) is 0 Å². The van der Waals surface area contributed by atoms with Crippen molar-refractivity contribution in [2.75, 3.05) is 6.54 Å². The Morgan fingerprint density at radius 3 is 2.75 bits per heavy atom. The molecule has 1 atom stereocenters. The number of rotatable bonds is 7. The molecule has 0 aliphatic heterocycles. The summed E-state index contributed by atoms with van der Waals surface area (Å²) in [5, 5.41) is 3.02. The Kier molecular flexibility index (Phi) is 6.86. The average Bonchev–Trinajstić information content (AvgIpc) is 2.77. The van der Waals surface area contributed by atoms with Crippen LogP contribution in [0.3, 0.4) is 0 Å². The maximum Gasteiger partial charge on any atom is 0.220 e. The van der Waals surface area contributed by atoms with Gasteiger partial charge in [0.05, 0.1) is 5.38 Å². The molecule has 16 heavy (non-hydrogen) atoms. The number of amides is 1. The molecule has 2 nitrogen and oxygen atoms in total.